The second kappa shape index (κ2) is 5.86. The summed E-state index contributed by atoms with van der Waals surface area (Å²) in [6.07, 6.45) is 0. The molecule has 28 heavy (non-hydrogen) atoms. The van der Waals surface area contributed by atoms with E-state index in [2.05, 4.69) is 113 Å². The van der Waals surface area contributed by atoms with Gasteiger partial charge in [0, 0.05) is 38.4 Å². The first-order valence-corrected chi connectivity index (χ1v) is 9.55. The van der Waals surface area contributed by atoms with Gasteiger partial charge in [0.25, 0.3) is 0 Å². The molecule has 6 rings (SSSR count). The fourth-order valence-corrected chi connectivity index (χ4v) is 4.24. The number of para-hydroxylation sites is 3. The third-order valence-electron chi connectivity index (χ3n) is 5.53. The summed E-state index contributed by atoms with van der Waals surface area (Å²) < 4.78 is 2.35. The van der Waals surface area contributed by atoms with Crippen LogP contribution in [0.3, 0.4) is 0 Å². The number of nitrogens with zero attached hydrogens (tertiary/aromatic N) is 1. The van der Waals surface area contributed by atoms with E-state index in [0.29, 0.717) is 0 Å². The molecule has 0 aliphatic heterocycles. The maximum absolute atomic E-state index is 3.57. The predicted octanol–water partition coefficient (Wildman–Crippen LogP) is 6.93. The molecule has 132 valence electrons. The van der Waals surface area contributed by atoms with E-state index < -0.39 is 0 Å². The van der Waals surface area contributed by atoms with Crippen molar-refractivity contribution in [1.29, 1.82) is 0 Å². The minimum atomic E-state index is 1.17. The summed E-state index contributed by atoms with van der Waals surface area (Å²) in [5, 5.41) is 3.78. The van der Waals surface area contributed by atoms with E-state index in [-0.39, 0.29) is 0 Å². The Hall–Kier alpha value is -3.78. The number of fused-ring (bicyclic) bond motifs is 4. The smallest absolute Gasteiger partial charge is 0.0541 e. The van der Waals surface area contributed by atoms with Crippen molar-refractivity contribution >= 4 is 32.7 Å². The van der Waals surface area contributed by atoms with E-state index in [1.807, 2.05) is 0 Å². The van der Waals surface area contributed by atoms with Crippen LogP contribution in [0.1, 0.15) is 0 Å². The highest BCUT2D eigenvalue weighted by Gasteiger charge is 2.13. The van der Waals surface area contributed by atoms with Crippen LogP contribution in [-0.4, -0.2) is 9.55 Å². The van der Waals surface area contributed by atoms with Crippen LogP contribution >= 0.6 is 0 Å². The van der Waals surface area contributed by atoms with Crippen LogP contribution in [0.4, 0.5) is 0 Å². The zero-order chi connectivity index (χ0) is 18.5. The summed E-state index contributed by atoms with van der Waals surface area (Å²) >= 11 is 0. The minimum Gasteiger partial charge on any atom is -0.354 e. The van der Waals surface area contributed by atoms with E-state index in [0.717, 1.165) is 0 Å². The van der Waals surface area contributed by atoms with Gasteiger partial charge in [-0.15, -0.1) is 0 Å². The highest BCUT2D eigenvalue weighted by molar-refractivity contribution is 6.08. The summed E-state index contributed by atoms with van der Waals surface area (Å²) in [5.41, 5.74) is 7.16. The van der Waals surface area contributed by atoms with E-state index >= 15 is 0 Å². The van der Waals surface area contributed by atoms with Gasteiger partial charge in [-0.3, -0.25) is 0 Å². The molecule has 0 unspecified atom stereocenters. The number of nitrogens with one attached hydrogen (secondary N) is 1. The molecular weight excluding hydrogens is 340 g/mol. The number of aromatic amines is 1. The molecule has 2 aromatic heterocycles. The lowest BCUT2D eigenvalue weighted by atomic mass is 10.1. The van der Waals surface area contributed by atoms with Gasteiger partial charge in [-0.05, 0) is 36.4 Å². The van der Waals surface area contributed by atoms with Crippen molar-refractivity contribution in [3.63, 3.8) is 0 Å². The molecule has 6 aromatic rings. The monoisotopic (exact) mass is 358 g/mol. The van der Waals surface area contributed by atoms with Crippen molar-refractivity contribution in [2.75, 3.05) is 0 Å². The molecule has 4 aromatic carbocycles. The van der Waals surface area contributed by atoms with Gasteiger partial charge in [-0.2, -0.15) is 0 Å². The van der Waals surface area contributed by atoms with Gasteiger partial charge in [0.15, 0.2) is 0 Å². The molecule has 0 spiro atoms. The first-order valence-electron chi connectivity index (χ1n) is 9.55. The van der Waals surface area contributed by atoms with Gasteiger partial charge < -0.3 is 9.55 Å². The van der Waals surface area contributed by atoms with Crippen LogP contribution in [0.15, 0.2) is 103 Å². The van der Waals surface area contributed by atoms with Crippen molar-refractivity contribution in [3.05, 3.63) is 103 Å². The Bertz CT molecular complexity index is 1450. The SMILES string of the molecule is c1ccc(-n2c(-c3ccc4c(c3)[nH]c3ccccc34)cc3ccccc32)cc1. The highest BCUT2D eigenvalue weighted by Crippen LogP contribution is 2.34. The summed E-state index contributed by atoms with van der Waals surface area (Å²) in [6, 6.07) is 36.6. The third-order valence-corrected chi connectivity index (χ3v) is 5.53. The molecule has 0 atom stereocenters. The Morgan fingerprint density at radius 2 is 1.32 bits per heavy atom. The molecule has 0 fully saturated rings. The second-order valence-electron chi connectivity index (χ2n) is 7.19. The normalized spacial score (nSPS) is 11.6. The lowest BCUT2D eigenvalue weighted by Gasteiger charge is -2.11. The quantitative estimate of drug-likeness (QED) is 0.346. The largest absolute Gasteiger partial charge is 0.354 e. The fraction of sp³-hybridized carbons (Fsp3) is 0. The topological polar surface area (TPSA) is 20.7 Å². The molecule has 0 aliphatic rings. The molecule has 0 saturated carbocycles. The van der Waals surface area contributed by atoms with Gasteiger partial charge in [0.2, 0.25) is 0 Å². The number of H-pyrrole nitrogens is 1. The molecule has 0 amide bonds. The standard InChI is InChI=1S/C26H18N2/c1-2-9-20(10-3-1)28-25-13-7-4-8-18(25)17-26(28)19-14-15-22-21-11-5-6-12-23(21)27-24(22)16-19/h1-17,27H. The highest BCUT2D eigenvalue weighted by atomic mass is 15.0. The summed E-state index contributed by atoms with van der Waals surface area (Å²) in [7, 11) is 0. The molecule has 1 N–H and O–H groups in total. The fourth-order valence-electron chi connectivity index (χ4n) is 4.24. The number of hydrogen-bond donors (Lipinski definition) is 1. The molecule has 0 radical (unpaired) electrons. The zero-order valence-corrected chi connectivity index (χ0v) is 15.3. The summed E-state index contributed by atoms with van der Waals surface area (Å²) in [4.78, 5) is 3.57. The van der Waals surface area contributed by atoms with Crippen molar-refractivity contribution in [1.82, 2.24) is 9.55 Å². The third kappa shape index (κ3) is 2.21. The Kier molecular flexibility index (Phi) is 3.20. The maximum Gasteiger partial charge on any atom is 0.0541 e. The second-order valence-corrected chi connectivity index (χ2v) is 7.19. The van der Waals surface area contributed by atoms with Crippen molar-refractivity contribution in [3.8, 4) is 16.9 Å². The van der Waals surface area contributed by atoms with Crippen molar-refractivity contribution in [2.24, 2.45) is 0 Å². The Morgan fingerprint density at radius 3 is 2.25 bits per heavy atom. The maximum atomic E-state index is 3.57. The first kappa shape index (κ1) is 15.3. The molecule has 2 heterocycles. The summed E-state index contributed by atoms with van der Waals surface area (Å²) in [6.45, 7) is 0. The van der Waals surface area contributed by atoms with Crippen molar-refractivity contribution in [2.45, 2.75) is 0 Å². The Labute approximate surface area is 162 Å². The van der Waals surface area contributed by atoms with E-state index in [1.165, 1.54) is 49.7 Å². The van der Waals surface area contributed by atoms with E-state index in [9.17, 15) is 0 Å². The van der Waals surface area contributed by atoms with Crippen LogP contribution in [0.2, 0.25) is 0 Å². The Morgan fingerprint density at radius 1 is 0.571 bits per heavy atom. The molecule has 0 saturated heterocycles. The van der Waals surface area contributed by atoms with Gasteiger partial charge in [0.1, 0.15) is 0 Å². The first-order chi connectivity index (χ1) is 13.9. The van der Waals surface area contributed by atoms with Crippen LogP contribution in [0.25, 0.3) is 49.7 Å². The average Bonchev–Trinajstić information content (AvgIpc) is 3.32. The van der Waals surface area contributed by atoms with E-state index in [1.54, 1.807) is 0 Å². The van der Waals surface area contributed by atoms with Gasteiger partial charge >= 0.3 is 0 Å². The van der Waals surface area contributed by atoms with E-state index in [4.69, 9.17) is 0 Å². The number of rotatable bonds is 2. The molecule has 0 aliphatic carbocycles. The lowest BCUT2D eigenvalue weighted by molar-refractivity contribution is 1.13. The lowest BCUT2D eigenvalue weighted by Crippen LogP contribution is -1.96. The van der Waals surface area contributed by atoms with Gasteiger partial charge in [0.05, 0.1) is 11.2 Å². The predicted molar refractivity (Wildman–Crippen MR) is 118 cm³/mol. The molecule has 0 bridgehead atoms. The van der Waals surface area contributed by atoms with Crippen LogP contribution in [0, 0.1) is 0 Å². The number of aromatic nitrogens is 2. The zero-order valence-electron chi connectivity index (χ0n) is 15.3. The average molecular weight is 358 g/mol. The van der Waals surface area contributed by atoms with Gasteiger partial charge in [-0.1, -0.05) is 66.7 Å². The van der Waals surface area contributed by atoms with Gasteiger partial charge in [-0.25, -0.2) is 0 Å². The number of benzene rings is 4. The molecular formula is C26H18N2. The summed E-state index contributed by atoms with van der Waals surface area (Å²) in [5.74, 6) is 0. The van der Waals surface area contributed by atoms with Crippen LogP contribution in [0.5, 0.6) is 0 Å². The minimum absolute atomic E-state index is 1.17. The van der Waals surface area contributed by atoms with Crippen LogP contribution in [-0.2, 0) is 0 Å². The Balaban J connectivity index is 1.65. The van der Waals surface area contributed by atoms with Crippen LogP contribution < -0.4 is 0 Å². The molecule has 2 heteroatoms. The number of hydrogen-bond acceptors (Lipinski definition) is 0. The molecule has 2 nitrogen and oxygen atoms in total. The van der Waals surface area contributed by atoms with Crippen molar-refractivity contribution < 1.29 is 0 Å².